The monoisotopic (exact) mass is 508 g/mol. The molecule has 0 unspecified atom stereocenters. The molecule has 0 fully saturated rings. The molecule has 2 aromatic heterocycles. The Morgan fingerprint density at radius 2 is 1.87 bits per heavy atom. The maximum absolute atomic E-state index is 13.0. The van der Waals surface area contributed by atoms with Crippen LogP contribution >= 0.6 is 27.3 Å². The molecule has 10 heteroatoms. The topological polar surface area (TPSA) is 59.8 Å². The van der Waals surface area contributed by atoms with Crippen molar-refractivity contribution in [2.75, 3.05) is 5.32 Å². The molecule has 0 saturated heterocycles. The first-order valence-corrected chi connectivity index (χ1v) is 10.8. The van der Waals surface area contributed by atoms with E-state index in [0.29, 0.717) is 5.69 Å². The van der Waals surface area contributed by atoms with Gasteiger partial charge < -0.3 is 5.32 Å². The van der Waals surface area contributed by atoms with Crippen LogP contribution in [0.25, 0.3) is 20.8 Å². The first-order chi connectivity index (χ1) is 14.6. The summed E-state index contributed by atoms with van der Waals surface area (Å²) in [5.41, 5.74) is 2.73. The Hall–Kier alpha value is -2.72. The highest BCUT2D eigenvalue weighted by molar-refractivity contribution is 9.10. The highest BCUT2D eigenvalue weighted by Gasteiger charge is 2.38. The van der Waals surface area contributed by atoms with Crippen LogP contribution in [0.1, 0.15) is 17.0 Å². The van der Waals surface area contributed by atoms with Crippen molar-refractivity contribution in [2.24, 2.45) is 0 Å². The molecule has 1 N–H and O–H groups in total. The van der Waals surface area contributed by atoms with E-state index in [4.69, 9.17) is 0 Å². The van der Waals surface area contributed by atoms with Crippen molar-refractivity contribution < 1.29 is 18.0 Å². The second-order valence-electron chi connectivity index (χ2n) is 7.02. The predicted molar refractivity (Wildman–Crippen MR) is 118 cm³/mol. The van der Waals surface area contributed by atoms with Crippen LogP contribution in [0.4, 0.5) is 18.9 Å². The highest BCUT2D eigenvalue weighted by atomic mass is 79.9. The number of fused-ring (bicyclic) bond motifs is 1. The Morgan fingerprint density at radius 1 is 1.16 bits per heavy atom. The van der Waals surface area contributed by atoms with E-state index < -0.39 is 17.8 Å². The second-order valence-corrected chi connectivity index (χ2v) is 8.84. The molecule has 4 rings (SSSR count). The van der Waals surface area contributed by atoms with Gasteiger partial charge in [0.2, 0.25) is 5.91 Å². The van der Waals surface area contributed by atoms with Crippen molar-refractivity contribution >= 4 is 49.1 Å². The van der Waals surface area contributed by atoms with Crippen LogP contribution in [-0.4, -0.2) is 20.7 Å². The Balaban J connectivity index is 1.47. The lowest BCUT2D eigenvalue weighted by Crippen LogP contribution is -2.20. The lowest BCUT2D eigenvalue weighted by Gasteiger charge is -2.07. The number of carbonyl (C=O) groups is 1. The fourth-order valence-electron chi connectivity index (χ4n) is 3.05. The van der Waals surface area contributed by atoms with Gasteiger partial charge in [0.1, 0.15) is 11.6 Å². The number of alkyl halides is 3. The number of aromatic nitrogens is 3. The zero-order valence-corrected chi connectivity index (χ0v) is 18.8. The van der Waals surface area contributed by atoms with E-state index in [1.165, 1.54) is 12.5 Å². The third kappa shape index (κ3) is 4.49. The van der Waals surface area contributed by atoms with Crippen molar-refractivity contribution in [1.82, 2.24) is 14.8 Å². The number of amides is 1. The Bertz CT molecular complexity index is 1280. The maximum Gasteiger partial charge on any atom is 0.436 e. The number of nitrogens with one attached hydrogen (secondary N) is 1. The Kier molecular flexibility index (Phi) is 5.61. The number of anilines is 1. The van der Waals surface area contributed by atoms with Crippen LogP contribution in [0.3, 0.4) is 0 Å². The molecule has 0 saturated carbocycles. The number of hydrogen-bond donors (Lipinski definition) is 1. The number of carbonyl (C=O) groups excluding carboxylic acids is 1. The van der Waals surface area contributed by atoms with E-state index >= 15 is 0 Å². The van der Waals surface area contributed by atoms with Gasteiger partial charge in [-0.1, -0.05) is 6.07 Å². The number of nitrogens with zero attached hydrogens (tertiary/aromatic N) is 3. The Labute approximate surface area is 188 Å². The summed E-state index contributed by atoms with van der Waals surface area (Å²) in [5.74, 6) is -0.477. The van der Waals surface area contributed by atoms with Crippen molar-refractivity contribution in [2.45, 2.75) is 26.6 Å². The first kappa shape index (κ1) is 21.5. The van der Waals surface area contributed by atoms with Gasteiger partial charge in [0, 0.05) is 11.3 Å². The smallest absolute Gasteiger partial charge is 0.324 e. The van der Waals surface area contributed by atoms with Crippen molar-refractivity contribution in [3.8, 4) is 10.6 Å². The summed E-state index contributed by atoms with van der Waals surface area (Å²) in [4.78, 5) is 17.0. The van der Waals surface area contributed by atoms with Gasteiger partial charge in [0.25, 0.3) is 0 Å². The SMILES string of the molecule is Cc1ccc2nc(-c3ccc(NC(=O)Cn4nc(C(F)(F)F)c(Br)c4C)cc3)sc2c1. The molecule has 31 heavy (non-hydrogen) atoms. The molecule has 160 valence electrons. The van der Waals surface area contributed by atoms with Gasteiger partial charge in [-0.3, -0.25) is 9.48 Å². The maximum atomic E-state index is 13.0. The fraction of sp³-hybridized carbons (Fsp3) is 0.190. The zero-order chi connectivity index (χ0) is 22.3. The minimum Gasteiger partial charge on any atom is -0.324 e. The number of thiazole rings is 1. The summed E-state index contributed by atoms with van der Waals surface area (Å²) < 4.78 is 40.9. The van der Waals surface area contributed by atoms with E-state index in [9.17, 15) is 18.0 Å². The summed E-state index contributed by atoms with van der Waals surface area (Å²) in [5, 5.41) is 7.07. The highest BCUT2D eigenvalue weighted by Crippen LogP contribution is 2.35. The van der Waals surface area contributed by atoms with Crippen LogP contribution in [-0.2, 0) is 17.5 Å². The standard InChI is InChI=1S/C21H16BrF3N4OS/c1-11-3-8-15-16(9-11)31-20(27-15)13-4-6-14(7-5-13)26-17(30)10-29-12(2)18(22)19(28-29)21(23,24)25/h3-9H,10H2,1-2H3,(H,26,30). The van der Waals surface area contributed by atoms with Crippen LogP contribution in [0.5, 0.6) is 0 Å². The third-order valence-corrected chi connectivity index (χ3v) is 6.67. The second kappa shape index (κ2) is 8.08. The molecule has 0 aliphatic heterocycles. The van der Waals surface area contributed by atoms with Gasteiger partial charge >= 0.3 is 6.18 Å². The third-order valence-electron chi connectivity index (χ3n) is 4.65. The van der Waals surface area contributed by atoms with Crippen molar-refractivity contribution in [3.63, 3.8) is 0 Å². The van der Waals surface area contributed by atoms with E-state index in [1.807, 2.05) is 31.2 Å². The normalized spacial score (nSPS) is 11.8. The van der Waals surface area contributed by atoms with Gasteiger partial charge in [-0.2, -0.15) is 18.3 Å². The van der Waals surface area contributed by atoms with E-state index in [2.05, 4.69) is 37.4 Å². The van der Waals surface area contributed by atoms with Gasteiger partial charge in [0.05, 0.1) is 20.4 Å². The lowest BCUT2D eigenvalue weighted by molar-refractivity contribution is -0.142. The summed E-state index contributed by atoms with van der Waals surface area (Å²) in [6.07, 6.45) is -4.60. The number of benzene rings is 2. The predicted octanol–water partition coefficient (Wildman–Crippen LogP) is 6.20. The summed E-state index contributed by atoms with van der Waals surface area (Å²) in [7, 11) is 0. The minimum atomic E-state index is -4.60. The number of aryl methyl sites for hydroxylation is 1. The van der Waals surface area contributed by atoms with Crippen LogP contribution in [0.2, 0.25) is 0 Å². The quantitative estimate of drug-likeness (QED) is 0.357. The molecule has 0 aliphatic rings. The molecule has 0 aliphatic carbocycles. The summed E-state index contributed by atoms with van der Waals surface area (Å²) in [6.45, 7) is 3.16. The van der Waals surface area contributed by atoms with Gasteiger partial charge in [-0.15, -0.1) is 11.3 Å². The summed E-state index contributed by atoms with van der Waals surface area (Å²) in [6, 6.07) is 13.2. The molecule has 2 aromatic carbocycles. The van der Waals surface area contributed by atoms with E-state index in [0.717, 1.165) is 25.5 Å². The van der Waals surface area contributed by atoms with Crippen molar-refractivity contribution in [1.29, 1.82) is 0 Å². The van der Waals surface area contributed by atoms with Crippen molar-refractivity contribution in [3.05, 3.63) is 63.9 Å². The summed E-state index contributed by atoms with van der Waals surface area (Å²) >= 11 is 4.49. The number of rotatable bonds is 4. The number of halogens is 4. The lowest BCUT2D eigenvalue weighted by atomic mass is 10.2. The molecule has 0 atom stereocenters. The number of hydrogen-bond acceptors (Lipinski definition) is 4. The first-order valence-electron chi connectivity index (χ1n) is 9.19. The minimum absolute atomic E-state index is 0.164. The van der Waals surface area contributed by atoms with Gasteiger partial charge in [-0.25, -0.2) is 4.98 Å². The van der Waals surface area contributed by atoms with E-state index in [1.54, 1.807) is 23.5 Å². The molecule has 5 nitrogen and oxygen atoms in total. The van der Waals surface area contributed by atoms with E-state index in [-0.39, 0.29) is 16.7 Å². The zero-order valence-electron chi connectivity index (χ0n) is 16.4. The van der Waals surface area contributed by atoms with Gasteiger partial charge in [0.15, 0.2) is 5.69 Å². The fourth-order valence-corrected chi connectivity index (χ4v) is 4.63. The largest absolute Gasteiger partial charge is 0.436 e. The average molecular weight is 509 g/mol. The molecule has 2 heterocycles. The molecule has 4 aromatic rings. The molecule has 1 amide bonds. The molecule has 0 bridgehead atoms. The van der Waals surface area contributed by atoms with Gasteiger partial charge in [-0.05, 0) is 71.7 Å². The molecular formula is C21H16BrF3N4OS. The molecule has 0 radical (unpaired) electrons. The van der Waals surface area contributed by atoms with Crippen LogP contribution < -0.4 is 5.32 Å². The van der Waals surface area contributed by atoms with Crippen LogP contribution in [0.15, 0.2) is 46.9 Å². The average Bonchev–Trinajstić information content (AvgIpc) is 3.24. The molecule has 0 spiro atoms. The van der Waals surface area contributed by atoms with Crippen LogP contribution in [0, 0.1) is 13.8 Å². The Morgan fingerprint density at radius 3 is 2.52 bits per heavy atom. The molecular weight excluding hydrogens is 493 g/mol.